The number of ether oxygens (including phenoxy) is 1. The first-order valence-corrected chi connectivity index (χ1v) is 7.79. The highest BCUT2D eigenvalue weighted by Crippen LogP contribution is 2.15. The van der Waals surface area contributed by atoms with Crippen LogP contribution in [0.5, 0.6) is 0 Å². The molecule has 0 aliphatic carbocycles. The molecule has 22 heavy (non-hydrogen) atoms. The van der Waals surface area contributed by atoms with Gasteiger partial charge in [0.05, 0.1) is 18.6 Å². The first kappa shape index (κ1) is 18.2. The van der Waals surface area contributed by atoms with Crippen LogP contribution < -0.4 is 10.6 Å². The van der Waals surface area contributed by atoms with E-state index in [1.165, 1.54) is 0 Å². The standard InChI is InChI=1S/C15H19BrN2O4/c1-2-22-14(20)8-7-13(19)17-9-10-18-15(21)11-5-3-4-6-12(11)16/h3-6H,2,7-10H2,1H3,(H,17,19)(H,18,21). The van der Waals surface area contributed by atoms with E-state index >= 15 is 0 Å². The maximum absolute atomic E-state index is 11.9. The Hall–Kier alpha value is -1.89. The van der Waals surface area contributed by atoms with Gasteiger partial charge < -0.3 is 15.4 Å². The second-order valence-corrected chi connectivity index (χ2v) is 5.25. The summed E-state index contributed by atoms with van der Waals surface area (Å²) in [5.41, 5.74) is 0.538. The molecule has 0 unspecified atom stereocenters. The number of halogens is 1. The first-order valence-electron chi connectivity index (χ1n) is 6.99. The van der Waals surface area contributed by atoms with Crippen molar-refractivity contribution in [3.63, 3.8) is 0 Å². The van der Waals surface area contributed by atoms with Gasteiger partial charge in [-0.2, -0.15) is 0 Å². The van der Waals surface area contributed by atoms with E-state index in [4.69, 9.17) is 4.74 Å². The fourth-order valence-corrected chi connectivity index (χ4v) is 2.12. The zero-order valence-corrected chi connectivity index (χ0v) is 13.9. The molecule has 1 aromatic carbocycles. The minimum absolute atomic E-state index is 0.0585. The summed E-state index contributed by atoms with van der Waals surface area (Å²) in [7, 11) is 0. The summed E-state index contributed by atoms with van der Waals surface area (Å²) < 4.78 is 5.44. The predicted molar refractivity (Wildman–Crippen MR) is 85.4 cm³/mol. The quantitative estimate of drug-likeness (QED) is 0.538. The van der Waals surface area contributed by atoms with Crippen LogP contribution in [-0.4, -0.2) is 37.5 Å². The van der Waals surface area contributed by atoms with Gasteiger partial charge in [0.2, 0.25) is 5.91 Å². The van der Waals surface area contributed by atoms with Crippen LogP contribution in [-0.2, 0) is 14.3 Å². The number of amides is 2. The highest BCUT2D eigenvalue weighted by Gasteiger charge is 2.09. The fourth-order valence-electron chi connectivity index (χ4n) is 1.66. The van der Waals surface area contributed by atoms with E-state index in [-0.39, 0.29) is 30.6 Å². The van der Waals surface area contributed by atoms with Gasteiger partial charge in [0, 0.05) is 24.0 Å². The number of hydrogen-bond donors (Lipinski definition) is 2. The van der Waals surface area contributed by atoms with Crippen LogP contribution in [0.15, 0.2) is 28.7 Å². The van der Waals surface area contributed by atoms with Crippen molar-refractivity contribution in [1.82, 2.24) is 10.6 Å². The van der Waals surface area contributed by atoms with Gasteiger partial charge in [-0.25, -0.2) is 0 Å². The second kappa shape index (κ2) is 9.94. The summed E-state index contributed by atoms with van der Waals surface area (Å²) in [5, 5.41) is 5.33. The fraction of sp³-hybridized carbons (Fsp3) is 0.400. The molecule has 0 bridgehead atoms. The molecule has 0 saturated carbocycles. The van der Waals surface area contributed by atoms with Crippen LogP contribution in [0, 0.1) is 0 Å². The zero-order chi connectivity index (χ0) is 16.4. The SMILES string of the molecule is CCOC(=O)CCC(=O)NCCNC(=O)c1ccccc1Br. The summed E-state index contributed by atoms with van der Waals surface area (Å²) >= 11 is 3.30. The first-order chi connectivity index (χ1) is 10.5. The van der Waals surface area contributed by atoms with Crippen LogP contribution in [0.4, 0.5) is 0 Å². The van der Waals surface area contributed by atoms with E-state index < -0.39 is 0 Å². The Morgan fingerprint density at radius 3 is 2.45 bits per heavy atom. The third-order valence-electron chi connectivity index (χ3n) is 2.71. The van der Waals surface area contributed by atoms with Crippen LogP contribution in [0.3, 0.4) is 0 Å². The smallest absolute Gasteiger partial charge is 0.306 e. The van der Waals surface area contributed by atoms with E-state index in [1.54, 1.807) is 25.1 Å². The Bertz CT molecular complexity index is 534. The van der Waals surface area contributed by atoms with Crippen LogP contribution in [0.2, 0.25) is 0 Å². The largest absolute Gasteiger partial charge is 0.466 e. The van der Waals surface area contributed by atoms with Crippen molar-refractivity contribution in [3.05, 3.63) is 34.3 Å². The van der Waals surface area contributed by atoms with Crippen molar-refractivity contribution >= 4 is 33.7 Å². The van der Waals surface area contributed by atoms with Gasteiger partial charge in [-0.3, -0.25) is 14.4 Å². The number of hydrogen-bond acceptors (Lipinski definition) is 4. The Labute approximate surface area is 137 Å². The van der Waals surface area contributed by atoms with Crippen molar-refractivity contribution in [2.75, 3.05) is 19.7 Å². The van der Waals surface area contributed by atoms with E-state index in [0.717, 1.165) is 0 Å². The molecule has 0 heterocycles. The van der Waals surface area contributed by atoms with Gasteiger partial charge in [0.1, 0.15) is 0 Å². The molecule has 7 heteroatoms. The molecule has 2 amide bonds. The molecule has 6 nitrogen and oxygen atoms in total. The molecule has 0 aliphatic heterocycles. The molecule has 0 fully saturated rings. The monoisotopic (exact) mass is 370 g/mol. The third-order valence-corrected chi connectivity index (χ3v) is 3.40. The Balaban J connectivity index is 2.20. The minimum atomic E-state index is -0.389. The number of rotatable bonds is 8. The molecule has 1 rings (SSSR count). The number of nitrogens with one attached hydrogen (secondary N) is 2. The highest BCUT2D eigenvalue weighted by atomic mass is 79.9. The molecule has 1 aromatic rings. The van der Waals surface area contributed by atoms with E-state index in [1.807, 2.05) is 6.07 Å². The van der Waals surface area contributed by atoms with Crippen molar-refractivity contribution in [3.8, 4) is 0 Å². The van der Waals surface area contributed by atoms with Crippen molar-refractivity contribution in [1.29, 1.82) is 0 Å². The Morgan fingerprint density at radius 2 is 1.77 bits per heavy atom. The lowest BCUT2D eigenvalue weighted by molar-refractivity contribution is -0.144. The zero-order valence-electron chi connectivity index (χ0n) is 12.4. The van der Waals surface area contributed by atoms with Gasteiger partial charge >= 0.3 is 5.97 Å². The van der Waals surface area contributed by atoms with Crippen molar-refractivity contribution in [2.45, 2.75) is 19.8 Å². The molecular weight excluding hydrogens is 352 g/mol. The number of benzene rings is 1. The Kier molecular flexibility index (Phi) is 8.21. The molecule has 0 spiro atoms. The molecular formula is C15H19BrN2O4. The van der Waals surface area contributed by atoms with Crippen molar-refractivity contribution < 1.29 is 19.1 Å². The minimum Gasteiger partial charge on any atom is -0.466 e. The molecule has 0 saturated heterocycles. The van der Waals surface area contributed by atoms with E-state index in [2.05, 4.69) is 26.6 Å². The third kappa shape index (κ3) is 6.71. The molecule has 0 aromatic heterocycles. The summed E-state index contributed by atoms with van der Waals surface area (Å²) in [6.45, 7) is 2.64. The molecule has 120 valence electrons. The average molecular weight is 371 g/mol. The van der Waals surface area contributed by atoms with Crippen molar-refractivity contribution in [2.24, 2.45) is 0 Å². The summed E-state index contributed by atoms with van der Waals surface area (Å²) in [5.74, 6) is -0.851. The van der Waals surface area contributed by atoms with Crippen LogP contribution >= 0.6 is 15.9 Å². The van der Waals surface area contributed by atoms with Crippen LogP contribution in [0.1, 0.15) is 30.1 Å². The lowest BCUT2D eigenvalue weighted by Gasteiger charge is -2.08. The van der Waals surface area contributed by atoms with E-state index in [0.29, 0.717) is 29.7 Å². The maximum atomic E-state index is 11.9. The van der Waals surface area contributed by atoms with Gasteiger partial charge in [-0.05, 0) is 35.0 Å². The number of esters is 1. The summed E-state index contributed by atoms with van der Waals surface area (Å²) in [4.78, 5) is 34.5. The molecule has 0 aliphatic rings. The lowest BCUT2D eigenvalue weighted by atomic mass is 10.2. The highest BCUT2D eigenvalue weighted by molar-refractivity contribution is 9.10. The molecule has 0 atom stereocenters. The topological polar surface area (TPSA) is 84.5 Å². The van der Waals surface area contributed by atoms with Crippen LogP contribution in [0.25, 0.3) is 0 Å². The Morgan fingerprint density at radius 1 is 1.09 bits per heavy atom. The van der Waals surface area contributed by atoms with E-state index in [9.17, 15) is 14.4 Å². The summed E-state index contributed by atoms with van der Waals surface area (Å²) in [6, 6.07) is 7.09. The lowest BCUT2D eigenvalue weighted by Crippen LogP contribution is -2.34. The molecule has 2 N–H and O–H groups in total. The summed E-state index contributed by atoms with van der Waals surface area (Å²) in [6.07, 6.45) is 0.139. The van der Waals surface area contributed by atoms with Gasteiger partial charge in [0.15, 0.2) is 0 Å². The maximum Gasteiger partial charge on any atom is 0.306 e. The number of carbonyl (C=O) groups is 3. The van der Waals surface area contributed by atoms with Gasteiger partial charge in [0.25, 0.3) is 5.91 Å². The number of carbonyl (C=O) groups excluding carboxylic acids is 3. The van der Waals surface area contributed by atoms with Gasteiger partial charge in [-0.15, -0.1) is 0 Å². The second-order valence-electron chi connectivity index (χ2n) is 4.39. The average Bonchev–Trinajstić information content (AvgIpc) is 2.50. The predicted octanol–water partition coefficient (Wildman–Crippen LogP) is 1.64. The molecule has 0 radical (unpaired) electrons. The van der Waals surface area contributed by atoms with Gasteiger partial charge in [-0.1, -0.05) is 12.1 Å². The normalized spacial score (nSPS) is 9.91.